The molecule has 2 N–H and O–H groups in total. The zero-order valence-corrected chi connectivity index (χ0v) is 30.9. The summed E-state index contributed by atoms with van der Waals surface area (Å²) in [6.07, 6.45) is 2.15. The van der Waals surface area contributed by atoms with Crippen molar-refractivity contribution in [3.8, 4) is 11.4 Å². The summed E-state index contributed by atoms with van der Waals surface area (Å²) in [5, 5.41) is 14.9. The van der Waals surface area contributed by atoms with Crippen LogP contribution in [-0.4, -0.2) is 9.13 Å². The Morgan fingerprint density at radius 1 is 0.439 bits per heavy atom. The lowest BCUT2D eigenvalue weighted by atomic mass is 9.98. The van der Waals surface area contributed by atoms with Crippen LogP contribution in [0.3, 0.4) is 0 Å². The molecule has 270 valence electrons. The Morgan fingerprint density at radius 3 is 1.93 bits per heavy atom. The molecule has 3 aromatic heterocycles. The van der Waals surface area contributed by atoms with Gasteiger partial charge in [0.05, 0.1) is 28.1 Å². The van der Waals surface area contributed by atoms with Crippen LogP contribution < -0.4 is 10.6 Å². The van der Waals surface area contributed by atoms with Crippen LogP contribution in [0, 0.1) is 0 Å². The molecule has 2 unspecified atom stereocenters. The second-order valence-corrected chi connectivity index (χ2v) is 15.0. The lowest BCUT2D eigenvalue weighted by Crippen LogP contribution is -2.39. The fraction of sp³-hybridized carbons (Fsp3) is 0.0385. The number of furan rings is 1. The molecule has 12 rings (SSSR count). The van der Waals surface area contributed by atoms with Crippen molar-refractivity contribution >= 4 is 71.2 Å². The van der Waals surface area contributed by atoms with Gasteiger partial charge in [-0.05, 0) is 71.3 Å². The molecule has 0 fully saturated rings. The van der Waals surface area contributed by atoms with Crippen molar-refractivity contribution in [3.05, 3.63) is 211 Å². The van der Waals surface area contributed by atoms with E-state index in [1.807, 2.05) is 6.07 Å². The van der Waals surface area contributed by atoms with E-state index in [9.17, 15) is 0 Å². The van der Waals surface area contributed by atoms with Gasteiger partial charge in [-0.15, -0.1) is 0 Å². The molecule has 11 aromatic rings. The van der Waals surface area contributed by atoms with Gasteiger partial charge in [0.15, 0.2) is 0 Å². The highest BCUT2D eigenvalue weighted by Gasteiger charge is 2.27. The molecule has 8 aromatic carbocycles. The molecule has 0 radical (unpaired) electrons. The molecule has 2 atom stereocenters. The topological polar surface area (TPSA) is 47.1 Å². The zero-order chi connectivity index (χ0) is 37.5. The number of fused-ring (bicyclic) bond motifs is 11. The third kappa shape index (κ3) is 4.93. The minimum atomic E-state index is -0.149. The van der Waals surface area contributed by atoms with Gasteiger partial charge in [-0.25, -0.2) is 0 Å². The Bertz CT molecular complexity index is 3360. The van der Waals surface area contributed by atoms with E-state index in [4.69, 9.17) is 4.42 Å². The van der Waals surface area contributed by atoms with Gasteiger partial charge in [0.25, 0.3) is 0 Å². The fourth-order valence-corrected chi connectivity index (χ4v) is 9.28. The van der Waals surface area contributed by atoms with Crippen LogP contribution in [-0.2, 0) is 0 Å². The molecule has 0 saturated heterocycles. The molecule has 0 aliphatic carbocycles. The lowest BCUT2D eigenvalue weighted by molar-refractivity contribution is 0.442. The summed E-state index contributed by atoms with van der Waals surface area (Å²) < 4.78 is 11.4. The van der Waals surface area contributed by atoms with E-state index in [0.717, 1.165) is 61.2 Å². The Labute approximate surface area is 328 Å². The van der Waals surface area contributed by atoms with Crippen LogP contribution in [0.4, 0.5) is 0 Å². The van der Waals surface area contributed by atoms with E-state index in [1.165, 1.54) is 38.1 Å². The first-order valence-corrected chi connectivity index (χ1v) is 19.6. The van der Waals surface area contributed by atoms with Crippen LogP contribution in [0.2, 0.25) is 0 Å². The van der Waals surface area contributed by atoms with Gasteiger partial charge in [0, 0.05) is 49.4 Å². The average molecular weight is 733 g/mol. The Morgan fingerprint density at radius 2 is 1.09 bits per heavy atom. The minimum absolute atomic E-state index is 0.0217. The molecule has 0 bridgehead atoms. The maximum Gasteiger partial charge on any atom is 0.136 e. The molecule has 1 aliphatic rings. The number of benzene rings is 8. The average Bonchev–Trinajstić information content (AvgIpc) is 3.95. The van der Waals surface area contributed by atoms with Crippen molar-refractivity contribution in [2.24, 2.45) is 0 Å². The first-order chi connectivity index (χ1) is 28.3. The highest BCUT2D eigenvalue weighted by molar-refractivity contribution is 6.31. The molecule has 5 nitrogen and oxygen atoms in total. The van der Waals surface area contributed by atoms with Crippen molar-refractivity contribution in [3.63, 3.8) is 0 Å². The lowest BCUT2D eigenvalue weighted by Gasteiger charge is -2.33. The van der Waals surface area contributed by atoms with Crippen molar-refractivity contribution in [1.29, 1.82) is 0 Å². The monoisotopic (exact) mass is 732 g/mol. The number of hydrogen-bond acceptors (Lipinski definition) is 3. The summed E-state index contributed by atoms with van der Waals surface area (Å²) in [5.41, 5.74) is 13.3. The summed E-state index contributed by atoms with van der Waals surface area (Å²) in [6, 6.07) is 67.4. The smallest absolute Gasteiger partial charge is 0.136 e. The van der Waals surface area contributed by atoms with E-state index in [1.54, 1.807) is 0 Å². The van der Waals surface area contributed by atoms with Gasteiger partial charge < -0.3 is 18.9 Å². The summed E-state index contributed by atoms with van der Waals surface area (Å²) >= 11 is 0. The van der Waals surface area contributed by atoms with Crippen molar-refractivity contribution in [2.75, 3.05) is 0 Å². The maximum absolute atomic E-state index is 6.51. The van der Waals surface area contributed by atoms with Crippen molar-refractivity contribution in [2.45, 2.75) is 12.2 Å². The number of rotatable bonds is 5. The van der Waals surface area contributed by atoms with E-state index in [0.29, 0.717) is 0 Å². The van der Waals surface area contributed by atoms with Gasteiger partial charge in [0.2, 0.25) is 0 Å². The van der Waals surface area contributed by atoms with Crippen LogP contribution >= 0.6 is 0 Å². The van der Waals surface area contributed by atoms with Crippen LogP contribution in [0.25, 0.3) is 82.6 Å². The predicted octanol–water partition coefficient (Wildman–Crippen LogP) is 12.8. The number of para-hydroxylation sites is 3. The third-order valence-corrected chi connectivity index (χ3v) is 11.8. The van der Waals surface area contributed by atoms with Crippen LogP contribution in [0.1, 0.15) is 28.9 Å². The molecular formula is C52H36N4O. The van der Waals surface area contributed by atoms with E-state index < -0.39 is 0 Å². The van der Waals surface area contributed by atoms with Crippen molar-refractivity contribution in [1.82, 2.24) is 19.8 Å². The van der Waals surface area contributed by atoms with Crippen molar-refractivity contribution < 1.29 is 4.42 Å². The summed E-state index contributed by atoms with van der Waals surface area (Å²) in [7, 11) is 0. The maximum atomic E-state index is 6.51. The van der Waals surface area contributed by atoms with Gasteiger partial charge in [-0.1, -0.05) is 140 Å². The Balaban J connectivity index is 1.15. The van der Waals surface area contributed by atoms with E-state index in [2.05, 4.69) is 208 Å². The highest BCUT2D eigenvalue weighted by Crippen LogP contribution is 2.46. The number of aromatic nitrogens is 2. The fourth-order valence-electron chi connectivity index (χ4n) is 9.28. The van der Waals surface area contributed by atoms with E-state index in [-0.39, 0.29) is 12.2 Å². The predicted molar refractivity (Wildman–Crippen MR) is 235 cm³/mol. The SMILES string of the molecule is C1=C(c2ccccc2)NC(c2cccc(-n3c4ccc5oc6ccccc6c5c4c4ccc5c6ccccc6n(-c6ccccc6)c5c43)c2)NC1c1ccccc1. The van der Waals surface area contributed by atoms with Gasteiger partial charge in [0.1, 0.15) is 17.3 Å². The van der Waals surface area contributed by atoms with Gasteiger partial charge in [-0.3, -0.25) is 5.32 Å². The summed E-state index contributed by atoms with van der Waals surface area (Å²) in [4.78, 5) is 0. The summed E-state index contributed by atoms with van der Waals surface area (Å²) in [5.74, 6) is 0. The number of hydrogen-bond donors (Lipinski definition) is 2. The molecule has 0 spiro atoms. The second kappa shape index (κ2) is 12.6. The normalized spacial score (nSPS) is 15.9. The largest absolute Gasteiger partial charge is 0.456 e. The van der Waals surface area contributed by atoms with E-state index >= 15 is 0 Å². The first kappa shape index (κ1) is 32.0. The zero-order valence-electron chi connectivity index (χ0n) is 30.9. The molecule has 57 heavy (non-hydrogen) atoms. The van der Waals surface area contributed by atoms with Crippen LogP contribution in [0.15, 0.2) is 199 Å². The van der Waals surface area contributed by atoms with Crippen LogP contribution in [0.5, 0.6) is 0 Å². The highest BCUT2D eigenvalue weighted by atomic mass is 16.3. The first-order valence-electron chi connectivity index (χ1n) is 19.6. The molecular weight excluding hydrogens is 697 g/mol. The number of nitrogens with one attached hydrogen (secondary N) is 2. The Hall–Kier alpha value is -7.34. The standard InChI is InChI=1S/C52H36N4O/c1-4-15-33(16-5-1)42-32-43(34-17-6-2-7-18-34)54-52(53-42)35-19-14-22-37(31-35)56-45-29-30-47-49(40-24-11-13-26-46(40)57-47)48(45)41-28-27-39-38-23-10-12-25-44(38)55(50(39)51(41)56)36-20-8-3-9-21-36/h1-32,42,52-54H. The third-order valence-electron chi connectivity index (χ3n) is 11.8. The summed E-state index contributed by atoms with van der Waals surface area (Å²) in [6.45, 7) is 0. The van der Waals surface area contributed by atoms with Gasteiger partial charge >= 0.3 is 0 Å². The second-order valence-electron chi connectivity index (χ2n) is 15.0. The minimum Gasteiger partial charge on any atom is -0.456 e. The molecule has 5 heteroatoms. The quantitative estimate of drug-likeness (QED) is 0.185. The molecule has 0 amide bonds. The molecule has 0 saturated carbocycles. The molecule has 1 aliphatic heterocycles. The molecule has 4 heterocycles. The number of nitrogens with zero attached hydrogens (tertiary/aromatic N) is 2. The van der Waals surface area contributed by atoms with Gasteiger partial charge in [-0.2, -0.15) is 0 Å². The Kier molecular flexibility index (Phi) is 7.06.